The maximum atomic E-state index is 12.2. The Morgan fingerprint density at radius 1 is 0.784 bits per heavy atom. The number of amides is 2. The smallest absolute Gasteiger partial charge is 0.246 e. The molecule has 2 amide bonds. The summed E-state index contributed by atoms with van der Waals surface area (Å²) in [6.07, 6.45) is 11.0. The second kappa shape index (κ2) is 19.8. The Hall–Kier alpha value is -4.40. The molecule has 2 saturated heterocycles. The Morgan fingerprint density at radius 3 is 2.12 bits per heavy atom. The first kappa shape index (κ1) is 39.4. The quantitative estimate of drug-likeness (QED) is 0.111. The minimum absolute atomic E-state index is 0. The zero-order valence-electron chi connectivity index (χ0n) is 30.9. The van der Waals surface area contributed by atoms with E-state index >= 15 is 0 Å². The molecule has 2 heterocycles. The van der Waals surface area contributed by atoms with Gasteiger partial charge in [-0.3, -0.25) is 9.59 Å². The van der Waals surface area contributed by atoms with Gasteiger partial charge in [0.1, 0.15) is 18.1 Å². The Kier molecular flexibility index (Phi) is 15.3. The van der Waals surface area contributed by atoms with Crippen LogP contribution >= 0.6 is 0 Å². The fourth-order valence-corrected chi connectivity index (χ4v) is 6.03. The van der Waals surface area contributed by atoms with Crippen molar-refractivity contribution in [3.63, 3.8) is 0 Å². The lowest BCUT2D eigenvalue weighted by atomic mass is 9.80. The topological polar surface area (TPSA) is 88.5 Å². The molecule has 0 unspecified atom stereocenters. The van der Waals surface area contributed by atoms with Crippen LogP contribution < -0.4 is 4.74 Å². The predicted octanol–water partition coefficient (Wildman–Crippen LogP) is 7.85. The number of benzene rings is 3. The van der Waals surface area contributed by atoms with E-state index in [0.29, 0.717) is 58.3 Å². The van der Waals surface area contributed by atoms with Crippen LogP contribution in [0.3, 0.4) is 0 Å². The minimum Gasteiger partial charge on any atom is -0.508 e. The lowest BCUT2D eigenvalue weighted by Crippen LogP contribution is -2.40. The molecule has 8 nitrogen and oxygen atoms in total. The van der Waals surface area contributed by atoms with E-state index in [2.05, 4.69) is 64.1 Å². The number of aromatic hydroxyl groups is 1. The van der Waals surface area contributed by atoms with Gasteiger partial charge in [-0.05, 0) is 59.2 Å². The third kappa shape index (κ3) is 13.3. The van der Waals surface area contributed by atoms with Gasteiger partial charge in [-0.15, -0.1) is 0 Å². The van der Waals surface area contributed by atoms with Crippen molar-refractivity contribution in [2.24, 2.45) is 0 Å². The number of unbranched alkanes of at least 4 members (excludes halogenated alkanes) is 1. The Bertz CT molecular complexity index is 1580. The number of hydrogen-bond donors (Lipinski definition) is 1. The zero-order valence-corrected chi connectivity index (χ0v) is 30.9. The highest BCUT2D eigenvalue weighted by atomic mass is 16.5. The molecule has 2 aliphatic rings. The highest BCUT2D eigenvalue weighted by Crippen LogP contribution is 2.31. The molecule has 1 N–H and O–H groups in total. The molecule has 0 aliphatic carbocycles. The molecule has 5 rings (SSSR count). The van der Waals surface area contributed by atoms with Crippen molar-refractivity contribution in [2.75, 3.05) is 52.6 Å². The third-order valence-corrected chi connectivity index (χ3v) is 9.45. The Morgan fingerprint density at radius 2 is 1.43 bits per heavy atom. The number of hydrogen-bond acceptors (Lipinski definition) is 6. The number of morpholine rings is 2. The maximum absolute atomic E-state index is 12.2. The molecule has 2 aliphatic heterocycles. The monoisotopic (exact) mass is 698 g/mol. The highest BCUT2D eigenvalue weighted by Gasteiger charge is 2.22. The van der Waals surface area contributed by atoms with Gasteiger partial charge in [-0.25, -0.2) is 0 Å². The van der Waals surface area contributed by atoms with Crippen molar-refractivity contribution in [2.45, 2.75) is 70.8 Å². The van der Waals surface area contributed by atoms with Crippen molar-refractivity contribution in [3.05, 3.63) is 120 Å². The van der Waals surface area contributed by atoms with Gasteiger partial charge in [0, 0.05) is 45.5 Å². The summed E-state index contributed by atoms with van der Waals surface area (Å²) in [6.45, 7) is 14.6. The number of allylic oxidation sites excluding steroid dienone is 3. The van der Waals surface area contributed by atoms with Crippen LogP contribution in [0.2, 0.25) is 0 Å². The van der Waals surface area contributed by atoms with Gasteiger partial charge in [-0.2, -0.15) is 0 Å². The van der Waals surface area contributed by atoms with E-state index in [-0.39, 0.29) is 24.1 Å². The molecular weight excluding hydrogens is 640 g/mol. The first-order valence-electron chi connectivity index (χ1n) is 18.2. The average molecular weight is 699 g/mol. The molecule has 2 fully saturated rings. The average Bonchev–Trinajstić information content (AvgIpc) is 3.15. The van der Waals surface area contributed by atoms with Gasteiger partial charge in [0.2, 0.25) is 11.8 Å². The van der Waals surface area contributed by atoms with Gasteiger partial charge in [0.05, 0.1) is 26.4 Å². The number of nitrogens with zero attached hydrogens (tertiary/aromatic N) is 2. The van der Waals surface area contributed by atoms with Crippen LogP contribution in [0.5, 0.6) is 11.5 Å². The van der Waals surface area contributed by atoms with E-state index < -0.39 is 0 Å². The summed E-state index contributed by atoms with van der Waals surface area (Å²) in [7, 11) is 0. The molecule has 0 atom stereocenters. The summed E-state index contributed by atoms with van der Waals surface area (Å²) >= 11 is 0. The summed E-state index contributed by atoms with van der Waals surface area (Å²) in [5.74, 6) is 1.45. The molecular formula is C43H58N2O6. The number of carbonyl (C=O) groups excluding carboxylic acids is 2. The maximum Gasteiger partial charge on any atom is 0.246 e. The minimum atomic E-state index is -0.182. The second-order valence-corrected chi connectivity index (χ2v) is 14.3. The fraction of sp³-hybridized carbons (Fsp3) is 0.442. The number of carbonyl (C=O) groups is 2. The highest BCUT2D eigenvalue weighted by molar-refractivity contribution is 5.87. The molecule has 0 saturated carbocycles. The lowest BCUT2D eigenvalue weighted by Gasteiger charge is -2.27. The summed E-state index contributed by atoms with van der Waals surface area (Å²) in [5, 5.41) is 9.60. The van der Waals surface area contributed by atoms with E-state index in [1.807, 2.05) is 64.4 Å². The van der Waals surface area contributed by atoms with Gasteiger partial charge >= 0.3 is 0 Å². The Balaban J connectivity index is 0.000000285. The molecule has 0 spiro atoms. The normalized spacial score (nSPS) is 15.5. The van der Waals surface area contributed by atoms with Gasteiger partial charge in [0.25, 0.3) is 0 Å². The SMILES string of the molecule is CC(C)(/C=C/C=C/C(=O)N1CCOCC1)c1cccc(OCc2ccccc2)c1.CC(C)(CCCCC(=O)N1CCOCC1)c1cccc(O)c1.[HH]. The van der Waals surface area contributed by atoms with Crippen LogP contribution in [0.1, 0.15) is 71.5 Å². The molecule has 3 aromatic carbocycles. The largest absolute Gasteiger partial charge is 0.508 e. The molecule has 3 aromatic rings. The van der Waals surface area contributed by atoms with E-state index in [4.69, 9.17) is 14.2 Å². The summed E-state index contributed by atoms with van der Waals surface area (Å²) in [6, 6.07) is 25.8. The third-order valence-electron chi connectivity index (χ3n) is 9.45. The van der Waals surface area contributed by atoms with Crippen molar-refractivity contribution < 1.29 is 30.3 Å². The van der Waals surface area contributed by atoms with E-state index in [9.17, 15) is 14.7 Å². The molecule has 0 aromatic heterocycles. The van der Waals surface area contributed by atoms with Gasteiger partial charge in [0.15, 0.2) is 0 Å². The fourth-order valence-electron chi connectivity index (χ4n) is 6.03. The van der Waals surface area contributed by atoms with Crippen LogP contribution in [0, 0.1) is 0 Å². The second-order valence-electron chi connectivity index (χ2n) is 14.3. The lowest BCUT2D eigenvalue weighted by molar-refractivity contribution is -0.135. The van der Waals surface area contributed by atoms with Crippen molar-refractivity contribution in [1.82, 2.24) is 9.80 Å². The van der Waals surface area contributed by atoms with E-state index in [0.717, 1.165) is 54.8 Å². The van der Waals surface area contributed by atoms with Crippen molar-refractivity contribution in [1.29, 1.82) is 0 Å². The van der Waals surface area contributed by atoms with Crippen molar-refractivity contribution >= 4 is 11.8 Å². The van der Waals surface area contributed by atoms with Crippen LogP contribution in [-0.4, -0.2) is 79.3 Å². The van der Waals surface area contributed by atoms with Crippen LogP contribution in [0.15, 0.2) is 103 Å². The Labute approximate surface area is 306 Å². The summed E-state index contributed by atoms with van der Waals surface area (Å²) in [4.78, 5) is 28.0. The van der Waals surface area contributed by atoms with Crippen LogP contribution in [-0.2, 0) is 36.5 Å². The molecule has 0 radical (unpaired) electrons. The van der Waals surface area contributed by atoms with Gasteiger partial charge in [-0.1, -0.05) is 107 Å². The zero-order chi connectivity index (χ0) is 36.5. The van der Waals surface area contributed by atoms with Crippen LogP contribution in [0.25, 0.3) is 0 Å². The standard InChI is InChI=1S/C25H29NO3.C18H27NO3.H2/c1-25(2,14-7-6-13-24(27)26-15-17-28-18-16-26)22-11-8-12-23(19-22)29-20-21-9-4-3-5-10-21;1-18(2,15-6-5-7-16(20)14-15)9-4-3-8-17(21)19-10-12-22-13-11-19;/h3-14,19H,15-18,20H2,1-2H3;5-7,14,20H,3-4,8-13H2,1-2H3;1H/b13-6+,14-7+;;. The summed E-state index contributed by atoms with van der Waals surface area (Å²) < 4.78 is 16.5. The van der Waals surface area contributed by atoms with Gasteiger partial charge < -0.3 is 29.1 Å². The number of phenolic OH excluding ortho intramolecular Hbond substituents is 1. The van der Waals surface area contributed by atoms with E-state index in [1.165, 1.54) is 0 Å². The number of ether oxygens (including phenoxy) is 3. The van der Waals surface area contributed by atoms with Crippen LogP contribution in [0.4, 0.5) is 0 Å². The first-order valence-corrected chi connectivity index (χ1v) is 18.2. The number of phenols is 1. The van der Waals surface area contributed by atoms with Crippen molar-refractivity contribution in [3.8, 4) is 11.5 Å². The predicted molar refractivity (Wildman–Crippen MR) is 205 cm³/mol. The molecule has 276 valence electrons. The van der Waals surface area contributed by atoms with E-state index in [1.54, 1.807) is 12.1 Å². The molecule has 51 heavy (non-hydrogen) atoms. The first-order chi connectivity index (χ1) is 24.5. The molecule has 8 heteroatoms. The molecule has 0 bridgehead atoms. The summed E-state index contributed by atoms with van der Waals surface area (Å²) in [5.41, 5.74) is 3.28. The number of rotatable bonds is 13.